The zero-order chi connectivity index (χ0) is 15.2. The van der Waals surface area contributed by atoms with E-state index in [1.807, 2.05) is 12.1 Å². The van der Waals surface area contributed by atoms with Crippen LogP contribution in [-0.2, 0) is 0 Å². The van der Waals surface area contributed by atoms with Crippen LogP contribution in [-0.4, -0.2) is 20.8 Å². The number of hydrogen-bond acceptors (Lipinski definition) is 3. The quantitative estimate of drug-likeness (QED) is 0.853. The molecule has 0 saturated heterocycles. The van der Waals surface area contributed by atoms with Crippen molar-refractivity contribution in [3.63, 3.8) is 0 Å². The molecule has 1 aliphatic rings. The van der Waals surface area contributed by atoms with Crippen LogP contribution in [0.3, 0.4) is 0 Å². The van der Waals surface area contributed by atoms with E-state index in [4.69, 9.17) is 9.47 Å². The summed E-state index contributed by atoms with van der Waals surface area (Å²) in [6.45, 7) is 5.69. The number of rotatable bonds is 6. The van der Waals surface area contributed by atoms with E-state index in [1.54, 1.807) is 14.2 Å². The molecule has 3 heteroatoms. The molecule has 0 amide bonds. The Morgan fingerprint density at radius 3 is 2.62 bits per heavy atom. The van der Waals surface area contributed by atoms with Crippen LogP contribution in [0.25, 0.3) is 0 Å². The van der Waals surface area contributed by atoms with Crippen LogP contribution in [0.15, 0.2) is 18.2 Å². The van der Waals surface area contributed by atoms with Gasteiger partial charge >= 0.3 is 0 Å². The molecule has 0 bridgehead atoms. The van der Waals surface area contributed by atoms with Gasteiger partial charge in [-0.3, -0.25) is 0 Å². The van der Waals surface area contributed by atoms with Crippen molar-refractivity contribution in [1.82, 2.24) is 5.32 Å². The van der Waals surface area contributed by atoms with Crippen molar-refractivity contribution in [3.05, 3.63) is 23.8 Å². The van der Waals surface area contributed by atoms with Crippen LogP contribution in [0, 0.1) is 11.8 Å². The van der Waals surface area contributed by atoms with E-state index in [0.29, 0.717) is 6.04 Å². The van der Waals surface area contributed by atoms with Crippen LogP contribution in [0.5, 0.6) is 11.5 Å². The van der Waals surface area contributed by atoms with Gasteiger partial charge in [-0.1, -0.05) is 32.3 Å². The Labute approximate surface area is 129 Å². The molecule has 3 unspecified atom stereocenters. The minimum Gasteiger partial charge on any atom is -0.497 e. The van der Waals surface area contributed by atoms with Crippen LogP contribution in [0.2, 0.25) is 0 Å². The van der Waals surface area contributed by atoms with Gasteiger partial charge in [0, 0.05) is 17.7 Å². The molecule has 0 aromatic heterocycles. The summed E-state index contributed by atoms with van der Waals surface area (Å²) in [7, 11) is 3.40. The third kappa shape index (κ3) is 4.13. The molecule has 1 saturated carbocycles. The maximum Gasteiger partial charge on any atom is 0.127 e. The predicted octanol–water partition coefficient (Wildman–Crippen LogP) is 4.18. The molecule has 1 N–H and O–H groups in total. The third-order valence-electron chi connectivity index (χ3n) is 4.88. The maximum atomic E-state index is 5.50. The van der Waals surface area contributed by atoms with E-state index in [9.17, 15) is 0 Å². The first-order valence-corrected chi connectivity index (χ1v) is 8.11. The second-order valence-electron chi connectivity index (χ2n) is 6.26. The Morgan fingerprint density at radius 1 is 1.19 bits per heavy atom. The summed E-state index contributed by atoms with van der Waals surface area (Å²) in [6.07, 6.45) is 5.53. The summed E-state index contributed by atoms with van der Waals surface area (Å²) >= 11 is 0. The second kappa shape index (κ2) is 7.69. The van der Waals surface area contributed by atoms with Gasteiger partial charge < -0.3 is 14.8 Å². The fourth-order valence-electron chi connectivity index (χ4n) is 3.31. The molecule has 118 valence electrons. The first-order valence-electron chi connectivity index (χ1n) is 8.11. The highest BCUT2D eigenvalue weighted by Crippen LogP contribution is 2.32. The molecule has 0 heterocycles. The predicted molar refractivity (Wildman–Crippen MR) is 87.1 cm³/mol. The van der Waals surface area contributed by atoms with Crippen LogP contribution >= 0.6 is 0 Å². The molecule has 1 aliphatic carbocycles. The van der Waals surface area contributed by atoms with Crippen molar-refractivity contribution in [2.24, 2.45) is 11.8 Å². The van der Waals surface area contributed by atoms with E-state index in [0.717, 1.165) is 29.9 Å². The zero-order valence-electron chi connectivity index (χ0n) is 13.8. The molecular formula is C18H29NO2. The van der Waals surface area contributed by atoms with Crippen molar-refractivity contribution in [1.29, 1.82) is 0 Å². The summed E-state index contributed by atoms with van der Waals surface area (Å²) in [5.41, 5.74) is 1.20. The minimum absolute atomic E-state index is 0.292. The van der Waals surface area contributed by atoms with Gasteiger partial charge in [-0.25, -0.2) is 0 Å². The average molecular weight is 291 g/mol. The minimum atomic E-state index is 0.292. The molecule has 1 aromatic rings. The Morgan fingerprint density at radius 2 is 1.95 bits per heavy atom. The second-order valence-corrected chi connectivity index (χ2v) is 6.26. The van der Waals surface area contributed by atoms with Gasteiger partial charge in [0.25, 0.3) is 0 Å². The van der Waals surface area contributed by atoms with Gasteiger partial charge in [0.1, 0.15) is 11.5 Å². The van der Waals surface area contributed by atoms with E-state index in [2.05, 4.69) is 25.2 Å². The lowest BCUT2D eigenvalue weighted by Gasteiger charge is -2.30. The summed E-state index contributed by atoms with van der Waals surface area (Å²) in [4.78, 5) is 0. The first-order chi connectivity index (χ1) is 10.2. The number of methoxy groups -OCH3 is 2. The van der Waals surface area contributed by atoms with Crippen LogP contribution in [0.4, 0.5) is 0 Å². The van der Waals surface area contributed by atoms with Crippen molar-refractivity contribution in [2.75, 3.05) is 20.8 Å². The first kappa shape index (κ1) is 16.2. The van der Waals surface area contributed by atoms with Gasteiger partial charge in [0.15, 0.2) is 0 Å². The fraction of sp³-hybridized carbons (Fsp3) is 0.667. The summed E-state index contributed by atoms with van der Waals surface area (Å²) in [5, 5.41) is 3.69. The number of benzene rings is 1. The standard InChI is InChI=1S/C18H29NO2/c1-13-7-5-6-8-15(13)12-19-14(2)17-10-9-16(20-3)11-18(17)21-4/h9-11,13-15,19H,5-8,12H2,1-4H3. The molecule has 0 spiro atoms. The Balaban J connectivity index is 1.97. The zero-order valence-corrected chi connectivity index (χ0v) is 13.8. The monoisotopic (exact) mass is 291 g/mol. The molecule has 2 rings (SSSR count). The lowest BCUT2D eigenvalue weighted by molar-refractivity contribution is 0.242. The van der Waals surface area contributed by atoms with E-state index < -0.39 is 0 Å². The highest BCUT2D eigenvalue weighted by molar-refractivity contribution is 5.42. The molecule has 21 heavy (non-hydrogen) atoms. The lowest BCUT2D eigenvalue weighted by Crippen LogP contribution is -2.31. The molecule has 1 aromatic carbocycles. The van der Waals surface area contributed by atoms with Gasteiger partial charge in [0.05, 0.1) is 14.2 Å². The summed E-state index contributed by atoms with van der Waals surface area (Å²) in [6, 6.07) is 6.34. The normalized spacial score (nSPS) is 23.6. The largest absolute Gasteiger partial charge is 0.497 e. The average Bonchev–Trinajstić information content (AvgIpc) is 2.53. The highest BCUT2D eigenvalue weighted by Gasteiger charge is 2.22. The van der Waals surface area contributed by atoms with Gasteiger partial charge in [0.2, 0.25) is 0 Å². The lowest BCUT2D eigenvalue weighted by atomic mass is 9.80. The Bertz CT molecular complexity index is 447. The Hall–Kier alpha value is -1.22. The molecule has 3 nitrogen and oxygen atoms in total. The summed E-state index contributed by atoms with van der Waals surface area (Å²) in [5.74, 6) is 3.39. The van der Waals surface area contributed by atoms with E-state index >= 15 is 0 Å². The van der Waals surface area contributed by atoms with Crippen molar-refractivity contribution >= 4 is 0 Å². The highest BCUT2D eigenvalue weighted by atomic mass is 16.5. The Kier molecular flexibility index (Phi) is 5.92. The molecular weight excluding hydrogens is 262 g/mol. The number of ether oxygens (including phenoxy) is 2. The molecule has 3 atom stereocenters. The van der Waals surface area contributed by atoms with E-state index in [1.165, 1.54) is 31.2 Å². The molecule has 1 fully saturated rings. The van der Waals surface area contributed by atoms with Gasteiger partial charge in [-0.15, -0.1) is 0 Å². The van der Waals surface area contributed by atoms with Gasteiger partial charge in [-0.05, 0) is 37.8 Å². The smallest absolute Gasteiger partial charge is 0.127 e. The maximum absolute atomic E-state index is 5.50. The topological polar surface area (TPSA) is 30.5 Å². The van der Waals surface area contributed by atoms with Crippen LogP contribution in [0.1, 0.15) is 51.1 Å². The SMILES string of the molecule is COc1ccc(C(C)NCC2CCCCC2C)c(OC)c1. The molecule has 0 aliphatic heterocycles. The number of hydrogen-bond donors (Lipinski definition) is 1. The third-order valence-corrected chi connectivity index (χ3v) is 4.88. The van der Waals surface area contributed by atoms with Crippen molar-refractivity contribution in [3.8, 4) is 11.5 Å². The molecule has 0 radical (unpaired) electrons. The van der Waals surface area contributed by atoms with E-state index in [-0.39, 0.29) is 0 Å². The fourth-order valence-corrected chi connectivity index (χ4v) is 3.31. The van der Waals surface area contributed by atoms with Gasteiger partial charge in [-0.2, -0.15) is 0 Å². The van der Waals surface area contributed by atoms with Crippen molar-refractivity contribution < 1.29 is 9.47 Å². The number of nitrogens with one attached hydrogen (secondary N) is 1. The van der Waals surface area contributed by atoms with Crippen molar-refractivity contribution in [2.45, 2.75) is 45.6 Å². The van der Waals surface area contributed by atoms with Crippen LogP contribution < -0.4 is 14.8 Å². The summed E-state index contributed by atoms with van der Waals surface area (Å²) < 4.78 is 10.8.